The number of hydrogen-bond acceptors (Lipinski definition) is 6. The molecule has 1 saturated heterocycles. The molecule has 2 aliphatic rings. The van der Waals surface area contributed by atoms with Crippen molar-refractivity contribution in [1.29, 1.82) is 0 Å². The summed E-state index contributed by atoms with van der Waals surface area (Å²) in [6, 6.07) is 18.8. The lowest BCUT2D eigenvalue weighted by atomic mass is 9.68. The number of rotatable bonds is 3. The van der Waals surface area contributed by atoms with E-state index in [1.807, 2.05) is 66.5 Å². The van der Waals surface area contributed by atoms with E-state index in [2.05, 4.69) is 5.32 Å². The smallest absolute Gasteiger partial charge is 0.311 e. The van der Waals surface area contributed by atoms with E-state index < -0.39 is 23.3 Å². The number of amides is 1. The summed E-state index contributed by atoms with van der Waals surface area (Å²) in [6.45, 7) is 0.276. The summed E-state index contributed by atoms with van der Waals surface area (Å²) < 4.78 is 11.3. The van der Waals surface area contributed by atoms with Gasteiger partial charge in [-0.2, -0.15) is 0 Å². The average Bonchev–Trinajstić information content (AvgIpc) is 3.28. The first kappa shape index (κ1) is 20.2. The van der Waals surface area contributed by atoms with Crippen LogP contribution < -0.4 is 10.7 Å². The quantitative estimate of drug-likeness (QED) is 0.643. The van der Waals surface area contributed by atoms with Gasteiger partial charge in [-0.1, -0.05) is 48.5 Å². The number of ether oxygens (including phenoxy) is 1. The Hall–Kier alpha value is -3.71. The summed E-state index contributed by atoms with van der Waals surface area (Å²) in [5.41, 5.74) is 0.573. The number of fused-ring (bicyclic) bond motifs is 2. The molecule has 2 aliphatic heterocycles. The van der Waals surface area contributed by atoms with Gasteiger partial charge in [0, 0.05) is 29.9 Å². The lowest BCUT2D eigenvalue weighted by Gasteiger charge is -2.33. The van der Waals surface area contributed by atoms with E-state index in [-0.39, 0.29) is 17.9 Å². The van der Waals surface area contributed by atoms with E-state index >= 15 is 0 Å². The molecule has 0 radical (unpaired) electrons. The van der Waals surface area contributed by atoms with Gasteiger partial charge in [-0.25, -0.2) is 0 Å². The van der Waals surface area contributed by atoms with Crippen LogP contribution in [0.5, 0.6) is 0 Å². The number of likely N-dealkylation sites (tertiary alicyclic amines) is 1. The second kappa shape index (κ2) is 7.46. The maximum atomic E-state index is 13.6. The fourth-order valence-electron chi connectivity index (χ4n) is 5.21. The van der Waals surface area contributed by atoms with Gasteiger partial charge in [0.1, 0.15) is 16.9 Å². The van der Waals surface area contributed by atoms with Gasteiger partial charge in [0.2, 0.25) is 5.91 Å². The van der Waals surface area contributed by atoms with Crippen molar-refractivity contribution in [1.82, 2.24) is 4.90 Å². The predicted octanol–water partition coefficient (Wildman–Crippen LogP) is 2.97. The van der Waals surface area contributed by atoms with Crippen molar-refractivity contribution >= 4 is 17.6 Å². The SMILES string of the molecule is COC(=O)[C@@H]1CN(C)[C@H](c2cc(=O)cc(-c3ccccc3)o2)[C@@]12C(=O)Nc1ccccc12. The number of likely N-dealkylation sites (N-methyl/N-ethyl adjacent to an activating group) is 1. The Bertz CT molecular complexity index is 1270. The van der Waals surface area contributed by atoms with Gasteiger partial charge in [0.25, 0.3) is 0 Å². The maximum Gasteiger partial charge on any atom is 0.311 e. The third-order valence-electron chi connectivity index (χ3n) is 6.49. The molecule has 5 rings (SSSR count). The topological polar surface area (TPSA) is 88.8 Å². The maximum absolute atomic E-state index is 13.6. The molecule has 1 aromatic heterocycles. The van der Waals surface area contributed by atoms with Crippen LogP contribution in [-0.4, -0.2) is 37.5 Å². The molecular formula is C25H22N2O5. The van der Waals surface area contributed by atoms with Gasteiger partial charge in [0.15, 0.2) is 5.43 Å². The van der Waals surface area contributed by atoms with Crippen molar-refractivity contribution in [3.63, 3.8) is 0 Å². The zero-order valence-electron chi connectivity index (χ0n) is 17.7. The Balaban J connectivity index is 1.75. The zero-order chi connectivity index (χ0) is 22.5. The van der Waals surface area contributed by atoms with Crippen molar-refractivity contribution in [2.45, 2.75) is 11.5 Å². The number of nitrogens with one attached hydrogen (secondary N) is 1. The average molecular weight is 430 g/mol. The Morgan fingerprint density at radius 1 is 1.09 bits per heavy atom. The molecule has 0 unspecified atom stereocenters. The van der Waals surface area contributed by atoms with Gasteiger partial charge in [-0.05, 0) is 18.7 Å². The predicted molar refractivity (Wildman–Crippen MR) is 118 cm³/mol. The molecule has 3 heterocycles. The Kier molecular flexibility index (Phi) is 4.71. The number of nitrogens with zero attached hydrogens (tertiary/aromatic N) is 1. The number of esters is 1. The number of para-hydroxylation sites is 1. The molecule has 1 N–H and O–H groups in total. The largest absolute Gasteiger partial charge is 0.469 e. The molecule has 3 atom stereocenters. The number of hydrogen-bond donors (Lipinski definition) is 1. The third kappa shape index (κ3) is 2.81. The Morgan fingerprint density at radius 3 is 2.56 bits per heavy atom. The zero-order valence-corrected chi connectivity index (χ0v) is 17.7. The standard InChI is InChI=1S/C25H22N2O5/c1-27-14-18(23(29)31-2)25(17-10-6-7-11-19(17)26-24(25)30)22(27)21-13-16(28)12-20(32-21)15-8-4-3-5-9-15/h3-13,18,22H,14H2,1-2H3,(H,26,30)/t18-,22+,25-/m0/s1. The number of anilines is 1. The summed E-state index contributed by atoms with van der Waals surface area (Å²) in [4.78, 5) is 41.0. The molecule has 0 aliphatic carbocycles. The van der Waals surface area contributed by atoms with Gasteiger partial charge < -0.3 is 14.5 Å². The second-order valence-electron chi connectivity index (χ2n) is 8.21. The summed E-state index contributed by atoms with van der Waals surface area (Å²) >= 11 is 0. The number of carbonyl (C=O) groups excluding carboxylic acids is 2. The van der Waals surface area contributed by atoms with Crippen LogP contribution in [0.25, 0.3) is 11.3 Å². The molecule has 2 aromatic carbocycles. The van der Waals surface area contributed by atoms with E-state index in [9.17, 15) is 14.4 Å². The molecule has 7 nitrogen and oxygen atoms in total. The van der Waals surface area contributed by atoms with Crippen molar-refractivity contribution < 1.29 is 18.7 Å². The van der Waals surface area contributed by atoms with Crippen molar-refractivity contribution in [3.05, 3.63) is 88.3 Å². The fraction of sp³-hybridized carbons (Fsp3) is 0.240. The van der Waals surface area contributed by atoms with E-state index in [0.717, 1.165) is 5.56 Å². The van der Waals surface area contributed by atoms with Crippen LogP contribution in [-0.2, 0) is 19.7 Å². The molecule has 0 saturated carbocycles. The highest BCUT2D eigenvalue weighted by atomic mass is 16.5. The molecule has 1 fully saturated rings. The number of methoxy groups -OCH3 is 1. The van der Waals surface area contributed by atoms with E-state index in [1.165, 1.54) is 19.2 Å². The molecule has 32 heavy (non-hydrogen) atoms. The van der Waals surface area contributed by atoms with Gasteiger partial charge in [-0.15, -0.1) is 0 Å². The lowest BCUT2D eigenvalue weighted by molar-refractivity contribution is -0.149. The van der Waals surface area contributed by atoms with Crippen molar-refractivity contribution in [2.24, 2.45) is 5.92 Å². The van der Waals surface area contributed by atoms with E-state index in [1.54, 1.807) is 0 Å². The highest BCUT2D eigenvalue weighted by Gasteiger charge is 2.66. The van der Waals surface area contributed by atoms with Crippen molar-refractivity contribution in [2.75, 3.05) is 26.0 Å². The van der Waals surface area contributed by atoms with Crippen LogP contribution in [0.4, 0.5) is 5.69 Å². The normalized spacial score (nSPS) is 24.4. The minimum absolute atomic E-state index is 0.234. The van der Waals surface area contributed by atoms with Crippen LogP contribution in [0, 0.1) is 5.92 Å². The van der Waals surface area contributed by atoms with Crippen LogP contribution in [0.1, 0.15) is 17.4 Å². The van der Waals surface area contributed by atoms with Gasteiger partial charge in [-0.3, -0.25) is 19.3 Å². The first-order valence-corrected chi connectivity index (χ1v) is 10.4. The Morgan fingerprint density at radius 2 is 1.81 bits per heavy atom. The fourth-order valence-corrected chi connectivity index (χ4v) is 5.21. The van der Waals surface area contributed by atoms with Crippen LogP contribution in [0.2, 0.25) is 0 Å². The molecule has 1 amide bonds. The summed E-state index contributed by atoms with van der Waals surface area (Å²) in [5.74, 6) is -0.817. The highest BCUT2D eigenvalue weighted by Crippen LogP contribution is 2.57. The van der Waals surface area contributed by atoms with Crippen molar-refractivity contribution in [3.8, 4) is 11.3 Å². The molecular weight excluding hydrogens is 408 g/mol. The number of carbonyl (C=O) groups is 2. The second-order valence-corrected chi connectivity index (χ2v) is 8.21. The monoisotopic (exact) mass is 430 g/mol. The van der Waals surface area contributed by atoms with E-state index in [4.69, 9.17) is 9.15 Å². The Labute approximate surface area is 184 Å². The van der Waals surface area contributed by atoms with Crippen LogP contribution >= 0.6 is 0 Å². The minimum atomic E-state index is -1.29. The number of benzene rings is 2. The van der Waals surface area contributed by atoms with Gasteiger partial charge in [0.05, 0.1) is 19.1 Å². The summed E-state index contributed by atoms with van der Waals surface area (Å²) in [6.07, 6.45) is 0. The minimum Gasteiger partial charge on any atom is -0.469 e. The van der Waals surface area contributed by atoms with E-state index in [0.29, 0.717) is 22.8 Å². The first-order valence-electron chi connectivity index (χ1n) is 10.4. The van der Waals surface area contributed by atoms with Crippen LogP contribution in [0.15, 0.2) is 75.9 Å². The molecule has 162 valence electrons. The summed E-state index contributed by atoms with van der Waals surface area (Å²) in [7, 11) is 3.14. The molecule has 1 spiro atoms. The van der Waals surface area contributed by atoms with Crippen LogP contribution in [0.3, 0.4) is 0 Å². The first-order chi connectivity index (χ1) is 15.5. The highest BCUT2D eigenvalue weighted by molar-refractivity contribution is 6.09. The lowest BCUT2D eigenvalue weighted by Crippen LogP contribution is -2.47. The molecule has 0 bridgehead atoms. The van der Waals surface area contributed by atoms with Gasteiger partial charge >= 0.3 is 5.97 Å². The summed E-state index contributed by atoms with van der Waals surface area (Å²) in [5, 5.41) is 2.93. The molecule has 3 aromatic rings. The third-order valence-corrected chi connectivity index (χ3v) is 6.49. The molecule has 7 heteroatoms.